The summed E-state index contributed by atoms with van der Waals surface area (Å²) in [5, 5.41) is 10.6. The number of rotatable bonds is 4. The highest BCUT2D eigenvalue weighted by Gasteiger charge is 2.51. The molecule has 160 valence electrons. The number of thioether (sulfide) groups is 1. The number of nitrogens with zero attached hydrogens (tertiary/aromatic N) is 3. The van der Waals surface area contributed by atoms with Gasteiger partial charge in [-0.15, -0.1) is 10.2 Å². The lowest BCUT2D eigenvalue weighted by Gasteiger charge is -2.56. The van der Waals surface area contributed by atoms with Crippen molar-refractivity contribution in [1.82, 2.24) is 25.5 Å². The first kappa shape index (κ1) is 20.3. The number of urea groups is 1. The molecule has 4 bridgehead atoms. The molecule has 3 amide bonds. The maximum Gasteiger partial charge on any atom is 0.453 e. The van der Waals surface area contributed by atoms with E-state index in [2.05, 4.69) is 20.8 Å². The Morgan fingerprint density at radius 2 is 1.72 bits per heavy atom. The molecule has 0 aromatic carbocycles. The number of hydrogen-bond donors (Lipinski definition) is 3. The van der Waals surface area contributed by atoms with Gasteiger partial charge in [0.2, 0.25) is 11.1 Å². The molecule has 0 radical (unpaired) electrons. The van der Waals surface area contributed by atoms with Crippen molar-refractivity contribution in [2.75, 3.05) is 5.84 Å². The van der Waals surface area contributed by atoms with Crippen LogP contribution in [0.5, 0.6) is 0 Å². The fourth-order valence-corrected chi connectivity index (χ4v) is 6.28. The monoisotopic (exact) mass is 432 g/mol. The van der Waals surface area contributed by atoms with Crippen LogP contribution in [0.3, 0.4) is 0 Å². The number of nitrogens with two attached hydrogens (primary N) is 1. The number of carbonyl (C=O) groups excluding carboxylic acids is 2. The van der Waals surface area contributed by atoms with Crippen molar-refractivity contribution < 1.29 is 22.8 Å². The number of hydrogen-bond acceptors (Lipinski definition) is 6. The van der Waals surface area contributed by atoms with Gasteiger partial charge in [0, 0.05) is 5.54 Å². The topological polar surface area (TPSA) is 115 Å². The zero-order valence-corrected chi connectivity index (χ0v) is 16.6. The van der Waals surface area contributed by atoms with Gasteiger partial charge >= 0.3 is 12.2 Å². The van der Waals surface area contributed by atoms with E-state index in [0.717, 1.165) is 19.3 Å². The molecule has 0 spiro atoms. The number of nitrogens with one attached hydrogen (secondary N) is 2. The second-order valence-electron chi connectivity index (χ2n) is 8.58. The molecule has 0 unspecified atom stereocenters. The Morgan fingerprint density at radius 3 is 2.21 bits per heavy atom. The Morgan fingerprint density at radius 1 is 1.17 bits per heavy atom. The fraction of sp³-hybridized carbons (Fsp3) is 0.765. The first-order valence-electron chi connectivity index (χ1n) is 9.62. The van der Waals surface area contributed by atoms with Crippen LogP contribution < -0.4 is 16.5 Å². The Kier molecular flexibility index (Phi) is 4.94. The summed E-state index contributed by atoms with van der Waals surface area (Å²) >= 11 is 0.699. The van der Waals surface area contributed by atoms with E-state index < -0.39 is 29.2 Å². The van der Waals surface area contributed by atoms with Crippen LogP contribution in [-0.2, 0) is 11.0 Å². The Labute approximate surface area is 169 Å². The highest BCUT2D eigenvalue weighted by Crippen LogP contribution is 2.55. The first-order valence-corrected chi connectivity index (χ1v) is 10.5. The highest BCUT2D eigenvalue weighted by atomic mass is 32.2. The third kappa shape index (κ3) is 4.03. The number of nitrogen functional groups attached to an aromatic ring is 1. The van der Waals surface area contributed by atoms with Gasteiger partial charge in [-0.1, -0.05) is 11.8 Å². The zero-order chi connectivity index (χ0) is 21.0. The molecule has 0 saturated heterocycles. The molecule has 29 heavy (non-hydrogen) atoms. The molecule has 1 aromatic rings. The fourth-order valence-electron chi connectivity index (χ4n) is 5.51. The van der Waals surface area contributed by atoms with Crippen LogP contribution in [0.15, 0.2) is 5.16 Å². The Bertz CT molecular complexity index is 791. The van der Waals surface area contributed by atoms with E-state index in [0.29, 0.717) is 34.2 Å². The minimum Gasteiger partial charge on any atom is -0.335 e. The summed E-state index contributed by atoms with van der Waals surface area (Å²) in [5.74, 6) is 5.32. The lowest BCUT2D eigenvalue weighted by atomic mass is 9.53. The minimum absolute atomic E-state index is 0.242. The summed E-state index contributed by atoms with van der Waals surface area (Å²) in [6, 6.07) is -0.561. The SMILES string of the molecule is C[C@@H](Sc1nnc(C(F)(F)F)n1N)C(=O)NC(=O)NC12CC3CC(CC(C3)C1)C2. The van der Waals surface area contributed by atoms with E-state index in [1.807, 2.05) is 0 Å². The number of amides is 3. The molecule has 1 atom stereocenters. The molecule has 1 aromatic heterocycles. The van der Waals surface area contributed by atoms with Crippen LogP contribution in [0.1, 0.15) is 51.3 Å². The molecule has 8 nitrogen and oxygen atoms in total. The summed E-state index contributed by atoms with van der Waals surface area (Å²) in [6.45, 7) is 1.46. The average Bonchev–Trinajstić information content (AvgIpc) is 2.93. The van der Waals surface area contributed by atoms with Crippen molar-refractivity contribution in [3.8, 4) is 0 Å². The molecule has 4 saturated carbocycles. The van der Waals surface area contributed by atoms with Crippen molar-refractivity contribution in [3.63, 3.8) is 0 Å². The van der Waals surface area contributed by atoms with Crippen molar-refractivity contribution >= 4 is 23.7 Å². The standard InChI is InChI=1S/C17H23F3N6O2S/c1-8(29-15-25-24-13(26(15)21)17(18,19)20)12(27)22-14(28)23-16-5-9-2-10(6-16)4-11(3-9)7-16/h8-11H,2-7,21H2,1H3,(H2,22,23,27,28)/t8-,9?,10?,11?,16?/m1/s1. The number of carbonyl (C=O) groups is 2. The van der Waals surface area contributed by atoms with Crippen LogP contribution in [0.2, 0.25) is 0 Å². The molecule has 4 fully saturated rings. The predicted octanol–water partition coefficient (Wildman–Crippen LogP) is 2.29. The van der Waals surface area contributed by atoms with Gasteiger partial charge in [-0.2, -0.15) is 13.2 Å². The zero-order valence-electron chi connectivity index (χ0n) is 15.8. The molecular weight excluding hydrogens is 409 g/mol. The number of imide groups is 1. The van der Waals surface area contributed by atoms with Crippen LogP contribution in [0.4, 0.5) is 18.0 Å². The van der Waals surface area contributed by atoms with E-state index >= 15 is 0 Å². The smallest absolute Gasteiger partial charge is 0.335 e. The van der Waals surface area contributed by atoms with E-state index in [1.165, 1.54) is 26.2 Å². The third-order valence-electron chi connectivity index (χ3n) is 6.22. The molecule has 12 heteroatoms. The van der Waals surface area contributed by atoms with Gasteiger partial charge in [-0.05, 0) is 63.2 Å². The lowest BCUT2D eigenvalue weighted by Crippen LogP contribution is -2.62. The summed E-state index contributed by atoms with van der Waals surface area (Å²) in [5.41, 5.74) is -0.242. The van der Waals surface area contributed by atoms with Crippen LogP contribution in [-0.4, -0.2) is 37.6 Å². The summed E-state index contributed by atoms with van der Waals surface area (Å²) in [4.78, 5) is 24.8. The van der Waals surface area contributed by atoms with Crippen molar-refractivity contribution in [1.29, 1.82) is 0 Å². The summed E-state index contributed by atoms with van der Waals surface area (Å²) in [7, 11) is 0. The Hall–Kier alpha value is -1.98. The number of alkyl halides is 3. The maximum atomic E-state index is 12.7. The van der Waals surface area contributed by atoms with Crippen molar-refractivity contribution in [2.45, 2.75) is 67.6 Å². The molecule has 5 rings (SSSR count). The van der Waals surface area contributed by atoms with Crippen molar-refractivity contribution in [2.24, 2.45) is 17.8 Å². The van der Waals surface area contributed by atoms with E-state index in [-0.39, 0.29) is 10.7 Å². The van der Waals surface area contributed by atoms with Crippen molar-refractivity contribution in [3.05, 3.63) is 5.82 Å². The molecule has 1 heterocycles. The second kappa shape index (κ2) is 7.06. The summed E-state index contributed by atoms with van der Waals surface area (Å²) < 4.78 is 38.5. The molecular formula is C17H23F3N6O2S. The second-order valence-corrected chi connectivity index (χ2v) is 9.88. The predicted molar refractivity (Wildman–Crippen MR) is 98.1 cm³/mol. The van der Waals surface area contributed by atoms with Crippen LogP contribution in [0.25, 0.3) is 0 Å². The van der Waals surface area contributed by atoms with Gasteiger partial charge in [0.15, 0.2) is 0 Å². The van der Waals surface area contributed by atoms with Gasteiger partial charge in [0.1, 0.15) is 0 Å². The van der Waals surface area contributed by atoms with E-state index in [9.17, 15) is 22.8 Å². The largest absolute Gasteiger partial charge is 0.453 e. The third-order valence-corrected chi connectivity index (χ3v) is 7.28. The number of halogens is 3. The van der Waals surface area contributed by atoms with Gasteiger partial charge in [-0.25, -0.2) is 9.47 Å². The Balaban J connectivity index is 1.33. The average molecular weight is 432 g/mol. The molecule has 0 aliphatic heterocycles. The maximum absolute atomic E-state index is 12.7. The van der Waals surface area contributed by atoms with E-state index in [4.69, 9.17) is 5.84 Å². The quantitative estimate of drug-likeness (QED) is 0.497. The normalized spacial score (nSPS) is 31.5. The first-order chi connectivity index (χ1) is 13.5. The van der Waals surface area contributed by atoms with Gasteiger partial charge < -0.3 is 11.2 Å². The van der Waals surface area contributed by atoms with E-state index in [1.54, 1.807) is 0 Å². The van der Waals surface area contributed by atoms with Crippen LogP contribution in [0, 0.1) is 17.8 Å². The molecule has 4 N–H and O–H groups in total. The molecule has 4 aliphatic rings. The minimum atomic E-state index is -4.75. The summed E-state index contributed by atoms with van der Waals surface area (Å²) in [6.07, 6.45) is 1.78. The molecule has 4 aliphatic carbocycles. The van der Waals surface area contributed by atoms with Crippen LogP contribution >= 0.6 is 11.8 Å². The number of aromatic nitrogens is 3. The highest BCUT2D eigenvalue weighted by molar-refractivity contribution is 8.00. The van der Waals surface area contributed by atoms with Gasteiger partial charge in [0.25, 0.3) is 5.82 Å². The van der Waals surface area contributed by atoms with Gasteiger partial charge in [0.05, 0.1) is 5.25 Å². The van der Waals surface area contributed by atoms with Gasteiger partial charge in [-0.3, -0.25) is 10.1 Å². The lowest BCUT2D eigenvalue weighted by molar-refractivity contribution is -0.146.